The predicted octanol–water partition coefficient (Wildman–Crippen LogP) is -0.660. The van der Waals surface area contributed by atoms with Crippen LogP contribution in [0.3, 0.4) is 0 Å². The largest absolute Gasteiger partial charge is 0.466 e. The Kier molecular flexibility index (Phi) is 14.1. The number of rotatable bonds is 17. The zero-order chi connectivity index (χ0) is 17.4. The SMILES string of the molecule is CN(C)CCCNSCCNC(COO)(COC=O)COC=O. The van der Waals surface area contributed by atoms with Crippen LogP contribution in [-0.4, -0.2) is 87.9 Å². The average Bonchev–Trinajstić information content (AvgIpc) is 2.53. The molecule has 0 fully saturated rings. The Hall–Kier alpha value is -0.910. The Bertz CT molecular complexity index is 297. The second kappa shape index (κ2) is 14.7. The van der Waals surface area contributed by atoms with Gasteiger partial charge in [-0.2, -0.15) is 0 Å². The Labute approximate surface area is 141 Å². The van der Waals surface area contributed by atoms with Crippen LogP contribution in [0.2, 0.25) is 0 Å². The molecule has 0 saturated carbocycles. The molecule has 0 saturated heterocycles. The maximum Gasteiger partial charge on any atom is 0.293 e. The van der Waals surface area contributed by atoms with E-state index in [0.29, 0.717) is 6.54 Å². The second-order valence-corrected chi connectivity index (χ2v) is 6.18. The molecular formula is C13H27N3O6S. The van der Waals surface area contributed by atoms with Crippen LogP contribution in [0.5, 0.6) is 0 Å². The summed E-state index contributed by atoms with van der Waals surface area (Å²) >= 11 is 1.56. The fourth-order valence-corrected chi connectivity index (χ4v) is 2.40. The number of hydrogen-bond donors (Lipinski definition) is 3. The molecule has 0 atom stereocenters. The van der Waals surface area contributed by atoms with E-state index in [-0.39, 0.29) is 32.8 Å². The van der Waals surface area contributed by atoms with Crippen LogP contribution >= 0.6 is 11.9 Å². The Morgan fingerprint density at radius 3 is 2.30 bits per heavy atom. The molecule has 136 valence electrons. The highest BCUT2D eigenvalue weighted by Gasteiger charge is 2.32. The van der Waals surface area contributed by atoms with Crippen molar-refractivity contribution in [2.24, 2.45) is 0 Å². The van der Waals surface area contributed by atoms with Crippen molar-refractivity contribution in [3.05, 3.63) is 0 Å². The first-order valence-electron chi connectivity index (χ1n) is 7.21. The van der Waals surface area contributed by atoms with Gasteiger partial charge in [0, 0.05) is 18.8 Å². The van der Waals surface area contributed by atoms with Crippen LogP contribution in [0, 0.1) is 0 Å². The van der Waals surface area contributed by atoms with Crippen LogP contribution in [0.25, 0.3) is 0 Å². The number of carbonyl (C=O) groups is 2. The van der Waals surface area contributed by atoms with E-state index >= 15 is 0 Å². The van der Waals surface area contributed by atoms with E-state index < -0.39 is 5.54 Å². The van der Waals surface area contributed by atoms with Gasteiger partial charge in [0.2, 0.25) is 0 Å². The van der Waals surface area contributed by atoms with Crippen molar-refractivity contribution in [2.75, 3.05) is 59.3 Å². The third-order valence-corrected chi connectivity index (χ3v) is 3.70. The van der Waals surface area contributed by atoms with Gasteiger partial charge in [-0.3, -0.25) is 19.6 Å². The van der Waals surface area contributed by atoms with Crippen molar-refractivity contribution in [1.82, 2.24) is 14.9 Å². The van der Waals surface area contributed by atoms with E-state index in [1.165, 1.54) is 0 Å². The van der Waals surface area contributed by atoms with E-state index in [2.05, 4.69) is 19.8 Å². The van der Waals surface area contributed by atoms with Crippen LogP contribution < -0.4 is 10.0 Å². The van der Waals surface area contributed by atoms with Crippen molar-refractivity contribution < 1.29 is 29.2 Å². The van der Waals surface area contributed by atoms with Gasteiger partial charge in [0.1, 0.15) is 25.4 Å². The summed E-state index contributed by atoms with van der Waals surface area (Å²) in [5.74, 6) is 0.733. The molecule has 0 aromatic carbocycles. The Morgan fingerprint density at radius 1 is 1.13 bits per heavy atom. The van der Waals surface area contributed by atoms with E-state index in [1.807, 2.05) is 14.1 Å². The van der Waals surface area contributed by atoms with Gasteiger partial charge in [-0.1, -0.05) is 11.9 Å². The Morgan fingerprint density at radius 2 is 1.78 bits per heavy atom. The van der Waals surface area contributed by atoms with E-state index in [0.717, 1.165) is 25.3 Å². The molecule has 10 heteroatoms. The average molecular weight is 353 g/mol. The molecule has 0 amide bonds. The Balaban J connectivity index is 4.05. The highest BCUT2D eigenvalue weighted by atomic mass is 32.2. The summed E-state index contributed by atoms with van der Waals surface area (Å²) in [5, 5.41) is 11.8. The first-order valence-corrected chi connectivity index (χ1v) is 8.20. The minimum Gasteiger partial charge on any atom is -0.466 e. The van der Waals surface area contributed by atoms with E-state index in [9.17, 15) is 9.59 Å². The smallest absolute Gasteiger partial charge is 0.293 e. The summed E-state index contributed by atoms with van der Waals surface area (Å²) in [4.78, 5) is 27.0. The van der Waals surface area contributed by atoms with Crippen LogP contribution in [0.4, 0.5) is 0 Å². The number of nitrogens with one attached hydrogen (secondary N) is 2. The summed E-state index contributed by atoms with van der Waals surface area (Å²) in [6.07, 6.45) is 1.05. The van der Waals surface area contributed by atoms with Crippen molar-refractivity contribution in [1.29, 1.82) is 0 Å². The predicted molar refractivity (Wildman–Crippen MR) is 87.0 cm³/mol. The van der Waals surface area contributed by atoms with Crippen LogP contribution in [0.1, 0.15) is 6.42 Å². The first kappa shape index (κ1) is 22.1. The fourth-order valence-electron chi connectivity index (χ4n) is 1.77. The summed E-state index contributed by atoms with van der Waals surface area (Å²) in [5.41, 5.74) is -0.984. The number of ether oxygens (including phenoxy) is 2. The van der Waals surface area contributed by atoms with Gasteiger partial charge in [-0.15, -0.1) is 0 Å². The molecule has 0 aliphatic heterocycles. The maximum absolute atomic E-state index is 10.4. The quantitative estimate of drug-likeness (QED) is 0.102. The number of carbonyl (C=O) groups excluding carboxylic acids is 2. The molecule has 0 aromatic heterocycles. The molecule has 23 heavy (non-hydrogen) atoms. The lowest BCUT2D eigenvalue weighted by atomic mass is 10.0. The fraction of sp³-hybridized carbons (Fsp3) is 0.846. The van der Waals surface area contributed by atoms with E-state index in [1.54, 1.807) is 11.9 Å². The van der Waals surface area contributed by atoms with Gasteiger partial charge >= 0.3 is 0 Å². The van der Waals surface area contributed by atoms with Gasteiger partial charge in [0.05, 0.1) is 0 Å². The molecule has 0 heterocycles. The molecule has 0 aromatic rings. The molecule has 3 N–H and O–H groups in total. The highest BCUT2D eigenvalue weighted by Crippen LogP contribution is 2.08. The lowest BCUT2D eigenvalue weighted by Gasteiger charge is -2.31. The molecule has 0 bridgehead atoms. The summed E-state index contributed by atoms with van der Waals surface area (Å²) < 4.78 is 12.7. The topological polar surface area (TPSA) is 109 Å². The van der Waals surface area contributed by atoms with Crippen LogP contribution in [0.15, 0.2) is 0 Å². The zero-order valence-electron chi connectivity index (χ0n) is 13.7. The molecule has 9 nitrogen and oxygen atoms in total. The monoisotopic (exact) mass is 353 g/mol. The lowest BCUT2D eigenvalue weighted by Crippen LogP contribution is -2.57. The van der Waals surface area contributed by atoms with Gasteiger partial charge in [0.25, 0.3) is 12.9 Å². The third-order valence-electron chi connectivity index (χ3n) is 2.89. The maximum atomic E-state index is 10.4. The zero-order valence-corrected chi connectivity index (χ0v) is 14.5. The first-order chi connectivity index (χ1) is 11.1. The second-order valence-electron chi connectivity index (χ2n) is 5.19. The highest BCUT2D eigenvalue weighted by molar-refractivity contribution is 7.97. The summed E-state index contributed by atoms with van der Waals surface area (Å²) in [7, 11) is 4.06. The van der Waals surface area contributed by atoms with Crippen molar-refractivity contribution in [3.8, 4) is 0 Å². The molecular weight excluding hydrogens is 326 g/mol. The van der Waals surface area contributed by atoms with Crippen molar-refractivity contribution in [2.45, 2.75) is 12.0 Å². The molecule has 0 radical (unpaired) electrons. The number of hydrogen-bond acceptors (Lipinski definition) is 10. The molecule has 0 aliphatic rings. The lowest BCUT2D eigenvalue weighted by molar-refractivity contribution is -0.260. The number of nitrogens with zero attached hydrogens (tertiary/aromatic N) is 1. The molecule has 0 spiro atoms. The molecule has 0 unspecified atom stereocenters. The van der Waals surface area contributed by atoms with Crippen LogP contribution in [-0.2, 0) is 24.0 Å². The van der Waals surface area contributed by atoms with Crippen molar-refractivity contribution >= 4 is 24.9 Å². The minimum absolute atomic E-state index is 0.0914. The van der Waals surface area contributed by atoms with Gasteiger partial charge in [-0.05, 0) is 27.1 Å². The molecule has 0 aliphatic carbocycles. The van der Waals surface area contributed by atoms with E-state index in [4.69, 9.17) is 14.7 Å². The van der Waals surface area contributed by atoms with Crippen molar-refractivity contribution in [3.63, 3.8) is 0 Å². The standard InChI is InChI=1S/C13H27N3O6S/c1-16(2)6-3-4-15-23-7-5-14-13(10-22-19,8-20-11-17)9-21-12-18/h11-12,14-15,19H,3-10H2,1-2H3. The van der Waals surface area contributed by atoms with Gasteiger partial charge in [0.15, 0.2) is 0 Å². The normalized spacial score (nSPS) is 11.5. The molecule has 0 rings (SSSR count). The minimum atomic E-state index is -0.984. The summed E-state index contributed by atoms with van der Waals surface area (Å²) in [6, 6.07) is 0. The third kappa shape index (κ3) is 12.2. The van der Waals surface area contributed by atoms with Gasteiger partial charge in [-0.25, -0.2) is 4.89 Å². The summed E-state index contributed by atoms with van der Waals surface area (Å²) in [6.45, 7) is 2.67. The van der Waals surface area contributed by atoms with Gasteiger partial charge < -0.3 is 19.7 Å².